The number of nitrogens with one attached hydrogen (secondary N) is 1. The zero-order valence-corrected chi connectivity index (χ0v) is 34.9. The van der Waals surface area contributed by atoms with Crippen molar-refractivity contribution in [2.45, 2.75) is 89.7 Å². The van der Waals surface area contributed by atoms with E-state index >= 15 is 8.78 Å². The Kier molecular flexibility index (Phi) is 9.52. The average molecular weight is 851 g/mol. The van der Waals surface area contributed by atoms with Crippen molar-refractivity contribution in [3.8, 4) is 17.1 Å². The van der Waals surface area contributed by atoms with Crippen molar-refractivity contribution in [2.75, 3.05) is 48.5 Å². The number of fused-ring (bicyclic) bond motifs is 6. The van der Waals surface area contributed by atoms with Crippen LogP contribution in [0, 0.1) is 24.4 Å². The average Bonchev–Trinajstić information content (AvgIpc) is 3.93. The van der Waals surface area contributed by atoms with Gasteiger partial charge in [-0.05, 0) is 58.2 Å². The number of piperidine rings is 1. The second kappa shape index (κ2) is 14.9. The van der Waals surface area contributed by atoms with E-state index in [1.54, 1.807) is 29.1 Å². The SMILES string of the molecule is CCO[C@H]1CN(C)C(=O)[C@H](CC)N(c2nc(N3[C@H]4CN(C5CC5)C(=O)[C@]3(C)C4)nc3c2cnn3-c2ccc(F)cc2F)CNc2ncc(F)c(n2)-c2nccc3nc(C)n(c23)C1. The van der Waals surface area contributed by atoms with Gasteiger partial charge in [0.25, 0.3) is 0 Å². The number of aromatic nitrogens is 9. The lowest BCUT2D eigenvalue weighted by Crippen LogP contribution is -2.79. The molecule has 4 atom stereocenters. The fraction of sp³-hybridized carbons (Fsp3) is 0.452. The first-order valence-corrected chi connectivity index (χ1v) is 20.9. The first kappa shape index (κ1) is 39.7. The van der Waals surface area contributed by atoms with Gasteiger partial charge in [-0.15, -0.1) is 0 Å². The number of hydrogen-bond acceptors (Lipinski definition) is 13. The van der Waals surface area contributed by atoms with Crippen LogP contribution < -0.4 is 15.1 Å². The Morgan fingerprint density at radius 2 is 1.74 bits per heavy atom. The van der Waals surface area contributed by atoms with Gasteiger partial charge in [0.15, 0.2) is 17.3 Å². The molecule has 4 fully saturated rings. The molecule has 20 heteroatoms. The summed E-state index contributed by atoms with van der Waals surface area (Å²) in [6, 6.07) is 4.15. The van der Waals surface area contributed by atoms with E-state index in [4.69, 9.17) is 19.7 Å². The number of hydrogen-bond donors (Lipinski definition) is 1. The molecular formula is C42H45F3N14O3. The summed E-state index contributed by atoms with van der Waals surface area (Å²) in [5, 5.41) is 8.11. The van der Waals surface area contributed by atoms with Crippen molar-refractivity contribution in [3.63, 3.8) is 0 Å². The number of anilines is 3. The number of benzene rings is 1. The van der Waals surface area contributed by atoms with Crippen LogP contribution in [0.2, 0.25) is 0 Å². The molecule has 1 N–H and O–H groups in total. The van der Waals surface area contributed by atoms with Crippen LogP contribution in [-0.2, 0) is 20.9 Å². The number of ether oxygens (including phenoxy) is 1. The molecule has 2 amide bonds. The highest BCUT2D eigenvalue weighted by molar-refractivity contribution is 5.96. The van der Waals surface area contributed by atoms with Gasteiger partial charge in [0.2, 0.25) is 23.7 Å². The maximum atomic E-state index is 15.9. The fourth-order valence-corrected chi connectivity index (χ4v) is 9.50. The van der Waals surface area contributed by atoms with Gasteiger partial charge in [0, 0.05) is 51.5 Å². The molecule has 3 saturated heterocycles. The highest BCUT2D eigenvalue weighted by Crippen LogP contribution is 2.48. The fourth-order valence-electron chi connectivity index (χ4n) is 9.50. The second-order valence-corrected chi connectivity index (χ2v) is 16.6. The van der Waals surface area contributed by atoms with Gasteiger partial charge < -0.3 is 34.2 Å². The number of carbonyl (C=O) groups is 2. The summed E-state index contributed by atoms with van der Waals surface area (Å²) in [6.45, 7) is 8.66. The zero-order chi connectivity index (χ0) is 43.2. The smallest absolute Gasteiger partial charge is 0.248 e. The first-order chi connectivity index (χ1) is 29.9. The third kappa shape index (κ3) is 6.36. The van der Waals surface area contributed by atoms with E-state index in [9.17, 15) is 14.0 Å². The van der Waals surface area contributed by atoms with Crippen molar-refractivity contribution < 1.29 is 27.5 Å². The number of halogens is 3. The Labute approximate surface area is 353 Å². The standard InChI is InChI=1S/C42H45F3N14O3/c1-6-31-38(60)54(5)19-26(62-7-2)20-55-22(3)50-30-12-13-46-34(35(30)55)33-29(45)17-47-40(51-33)48-21-57(31)36-27-16-49-59(32-11-8-23(43)14-28(32)44)37(27)53-41(52-36)58-25-15-42(58,4)39(61)56(18-25)24-9-10-24/h8,11-14,16-17,24-26,31H,6-7,9-10,15,18-21H2,1-5H3,(H,47,48,51)/t25-,26+,31+,42+/m1/s1. The Bertz CT molecular complexity index is 2780. The van der Waals surface area contributed by atoms with Gasteiger partial charge in [-0.1, -0.05) is 6.92 Å². The lowest BCUT2D eigenvalue weighted by molar-refractivity contribution is -0.147. The number of carbonyl (C=O) groups excluding carboxylic acids is 2. The minimum absolute atomic E-state index is 0.0130. The third-order valence-corrected chi connectivity index (χ3v) is 12.6. The molecule has 17 nitrogen and oxygen atoms in total. The third-order valence-electron chi connectivity index (χ3n) is 12.6. The maximum absolute atomic E-state index is 15.9. The molecule has 62 heavy (non-hydrogen) atoms. The number of likely N-dealkylation sites (N-methyl/N-ethyl adjacent to an activating group) is 1. The van der Waals surface area contributed by atoms with E-state index in [1.165, 1.54) is 16.9 Å². The quantitative estimate of drug-likeness (QED) is 0.237. The van der Waals surface area contributed by atoms with E-state index in [1.807, 2.05) is 42.1 Å². The Balaban J connectivity index is 1.15. The largest absolute Gasteiger partial charge is 0.375 e. The molecule has 5 aromatic heterocycles. The lowest BCUT2D eigenvalue weighted by Gasteiger charge is -2.62. The van der Waals surface area contributed by atoms with Gasteiger partial charge in [-0.25, -0.2) is 32.8 Å². The second-order valence-electron chi connectivity index (χ2n) is 16.6. The number of imidazole rings is 1. The molecule has 5 aliphatic rings. The molecular weight excluding hydrogens is 806 g/mol. The van der Waals surface area contributed by atoms with Crippen molar-refractivity contribution in [2.24, 2.45) is 0 Å². The number of aryl methyl sites for hydroxylation is 1. The van der Waals surface area contributed by atoms with E-state index < -0.39 is 35.1 Å². The van der Waals surface area contributed by atoms with Crippen molar-refractivity contribution >= 4 is 51.6 Å². The zero-order valence-electron chi connectivity index (χ0n) is 34.9. The highest BCUT2D eigenvalue weighted by Gasteiger charge is 2.62. The van der Waals surface area contributed by atoms with Crippen LogP contribution in [0.25, 0.3) is 39.1 Å². The summed E-state index contributed by atoms with van der Waals surface area (Å²) >= 11 is 0. The molecule has 0 unspecified atom stereocenters. The molecule has 4 aliphatic heterocycles. The monoisotopic (exact) mass is 850 g/mol. The van der Waals surface area contributed by atoms with Gasteiger partial charge in [-0.3, -0.25) is 14.6 Å². The summed E-state index contributed by atoms with van der Waals surface area (Å²) in [6.07, 6.45) is 6.39. The molecule has 6 aromatic rings. The van der Waals surface area contributed by atoms with Crippen LogP contribution in [-0.4, -0.2) is 129 Å². The Hall–Kier alpha value is -6.44. The van der Waals surface area contributed by atoms with Gasteiger partial charge in [0.05, 0.1) is 54.2 Å². The molecule has 0 radical (unpaired) electrons. The van der Waals surface area contributed by atoms with E-state index in [-0.39, 0.29) is 90.5 Å². The Morgan fingerprint density at radius 3 is 2.50 bits per heavy atom. The van der Waals surface area contributed by atoms with E-state index in [0.717, 1.165) is 31.2 Å². The van der Waals surface area contributed by atoms with Crippen LogP contribution in [0.5, 0.6) is 0 Å². The molecule has 1 aliphatic carbocycles. The first-order valence-electron chi connectivity index (χ1n) is 20.9. The van der Waals surface area contributed by atoms with E-state index in [0.29, 0.717) is 41.8 Å². The predicted octanol–water partition coefficient (Wildman–Crippen LogP) is 4.62. The molecule has 322 valence electrons. The molecule has 1 aromatic carbocycles. The minimum Gasteiger partial charge on any atom is -0.375 e. The van der Waals surface area contributed by atoms with Crippen LogP contribution >= 0.6 is 0 Å². The number of amides is 2. The summed E-state index contributed by atoms with van der Waals surface area (Å²) in [4.78, 5) is 64.6. The summed E-state index contributed by atoms with van der Waals surface area (Å²) in [5.41, 5.74) is 0.514. The lowest BCUT2D eigenvalue weighted by atomic mass is 9.75. The Morgan fingerprint density at radius 1 is 0.919 bits per heavy atom. The van der Waals surface area contributed by atoms with Crippen molar-refractivity contribution in [1.29, 1.82) is 0 Å². The van der Waals surface area contributed by atoms with Crippen LogP contribution in [0.4, 0.5) is 30.9 Å². The summed E-state index contributed by atoms with van der Waals surface area (Å²) < 4.78 is 55.1. The number of rotatable bonds is 7. The molecule has 11 rings (SSSR count). The number of pyridine rings is 1. The van der Waals surface area contributed by atoms with Gasteiger partial charge in [-0.2, -0.15) is 15.1 Å². The van der Waals surface area contributed by atoms with Crippen molar-refractivity contribution in [3.05, 3.63) is 66.1 Å². The van der Waals surface area contributed by atoms with E-state index in [2.05, 4.69) is 25.4 Å². The molecule has 9 heterocycles. The molecule has 4 bridgehead atoms. The normalized spacial score (nSPS) is 23.1. The predicted molar refractivity (Wildman–Crippen MR) is 222 cm³/mol. The summed E-state index contributed by atoms with van der Waals surface area (Å²) in [5.74, 6) is -1.48. The summed E-state index contributed by atoms with van der Waals surface area (Å²) in [7, 11) is 1.71. The number of piperazine rings is 1. The van der Waals surface area contributed by atoms with Crippen LogP contribution in [0.3, 0.4) is 0 Å². The maximum Gasteiger partial charge on any atom is 0.248 e. The highest BCUT2D eigenvalue weighted by atomic mass is 19.1. The number of nitrogens with zero attached hydrogens (tertiary/aromatic N) is 13. The topological polar surface area (TPSA) is 168 Å². The van der Waals surface area contributed by atoms with Crippen molar-refractivity contribution in [1.82, 2.24) is 54.1 Å². The van der Waals surface area contributed by atoms with Gasteiger partial charge in [0.1, 0.15) is 46.1 Å². The van der Waals surface area contributed by atoms with Gasteiger partial charge >= 0.3 is 0 Å². The molecule has 0 spiro atoms. The van der Waals surface area contributed by atoms with Crippen LogP contribution in [0.15, 0.2) is 42.9 Å². The molecule has 1 saturated carbocycles. The van der Waals surface area contributed by atoms with Crippen LogP contribution in [0.1, 0.15) is 52.3 Å². The minimum atomic E-state index is -0.950.